The minimum absolute atomic E-state index is 0.237. The molecular weight excluding hydrogens is 438 g/mol. The average molecular weight is 466 g/mol. The molecule has 0 aliphatic carbocycles. The molecule has 0 radical (unpaired) electrons. The summed E-state index contributed by atoms with van der Waals surface area (Å²) in [6.07, 6.45) is 6.66. The number of halogens is 1. The van der Waals surface area contributed by atoms with Crippen LogP contribution in [0.3, 0.4) is 0 Å². The van der Waals surface area contributed by atoms with Crippen molar-refractivity contribution in [3.05, 3.63) is 82.5 Å². The summed E-state index contributed by atoms with van der Waals surface area (Å²) in [6.45, 7) is 3.51. The number of thiazole rings is 1. The number of benzene rings is 2. The van der Waals surface area contributed by atoms with Gasteiger partial charge >= 0.3 is 0 Å². The second kappa shape index (κ2) is 10.8. The van der Waals surface area contributed by atoms with Gasteiger partial charge in [0.2, 0.25) is 5.91 Å². The summed E-state index contributed by atoms with van der Waals surface area (Å²) in [4.78, 5) is 20.7. The summed E-state index contributed by atoms with van der Waals surface area (Å²) in [6, 6.07) is 18.0. The molecule has 0 N–H and O–H groups in total. The molecule has 0 aliphatic heterocycles. The molecular formula is C26H28ClN3OS. The van der Waals surface area contributed by atoms with E-state index < -0.39 is 0 Å². The van der Waals surface area contributed by atoms with E-state index in [1.54, 1.807) is 11.3 Å². The van der Waals surface area contributed by atoms with Crippen LogP contribution < -0.4 is 0 Å². The van der Waals surface area contributed by atoms with Crippen molar-refractivity contribution in [2.24, 2.45) is 0 Å². The number of nitrogens with zero attached hydrogens (tertiary/aromatic N) is 3. The van der Waals surface area contributed by atoms with Gasteiger partial charge < -0.3 is 4.90 Å². The van der Waals surface area contributed by atoms with E-state index in [1.807, 2.05) is 47.4 Å². The van der Waals surface area contributed by atoms with Gasteiger partial charge in [-0.25, -0.2) is 4.98 Å². The molecule has 2 heterocycles. The Morgan fingerprint density at radius 2 is 1.88 bits per heavy atom. The highest BCUT2D eigenvalue weighted by molar-refractivity contribution is 7.15. The zero-order chi connectivity index (χ0) is 22.3. The number of hydrogen-bond donors (Lipinski definition) is 0. The van der Waals surface area contributed by atoms with Crippen LogP contribution in [0.5, 0.6) is 0 Å². The number of rotatable bonds is 10. The first kappa shape index (κ1) is 22.6. The van der Waals surface area contributed by atoms with E-state index in [-0.39, 0.29) is 5.91 Å². The van der Waals surface area contributed by atoms with E-state index >= 15 is 0 Å². The van der Waals surface area contributed by atoms with Crippen LogP contribution in [0.15, 0.2) is 66.2 Å². The standard InChI is InChI=1S/C26H28ClN3OS/c1-2-3-5-10-25(31)29(17-20-8-6-4-7-9-20)16-15-23-19-32-26-28-24(18-30(23)26)21-11-13-22(27)14-12-21/h4,6-9,11-14,18-19H,2-3,5,10,15-17H2,1H3. The molecule has 4 nitrogen and oxygen atoms in total. The number of unbranched alkanes of at least 4 members (excludes halogenated alkanes) is 2. The van der Waals surface area contributed by atoms with Crippen LogP contribution >= 0.6 is 22.9 Å². The third kappa shape index (κ3) is 5.59. The van der Waals surface area contributed by atoms with Crippen LogP contribution in [0, 0.1) is 0 Å². The molecule has 1 amide bonds. The predicted molar refractivity (Wildman–Crippen MR) is 133 cm³/mol. The van der Waals surface area contributed by atoms with Gasteiger partial charge in [-0.05, 0) is 24.1 Å². The molecule has 32 heavy (non-hydrogen) atoms. The fraction of sp³-hybridized carbons (Fsp3) is 0.308. The van der Waals surface area contributed by atoms with E-state index in [0.717, 1.165) is 46.9 Å². The fourth-order valence-electron chi connectivity index (χ4n) is 3.80. The van der Waals surface area contributed by atoms with Crippen molar-refractivity contribution in [2.75, 3.05) is 6.54 Å². The minimum atomic E-state index is 0.237. The van der Waals surface area contributed by atoms with Crippen LogP contribution in [0.4, 0.5) is 0 Å². The lowest BCUT2D eigenvalue weighted by Crippen LogP contribution is -2.32. The van der Waals surface area contributed by atoms with E-state index in [2.05, 4.69) is 35.0 Å². The molecule has 4 aromatic rings. The third-order valence-corrected chi connectivity index (χ3v) is 6.77. The zero-order valence-corrected chi connectivity index (χ0v) is 19.9. The number of carbonyl (C=O) groups is 1. The van der Waals surface area contributed by atoms with Crippen molar-refractivity contribution < 1.29 is 4.79 Å². The smallest absolute Gasteiger partial charge is 0.222 e. The van der Waals surface area contributed by atoms with Crippen LogP contribution in [-0.4, -0.2) is 26.7 Å². The van der Waals surface area contributed by atoms with E-state index in [0.29, 0.717) is 19.5 Å². The van der Waals surface area contributed by atoms with Gasteiger partial charge in [-0.1, -0.05) is 73.8 Å². The number of imidazole rings is 1. The molecule has 0 saturated carbocycles. The van der Waals surface area contributed by atoms with Crippen LogP contribution in [-0.2, 0) is 17.8 Å². The molecule has 166 valence electrons. The van der Waals surface area contributed by atoms with Crippen molar-refractivity contribution in [3.63, 3.8) is 0 Å². The summed E-state index contributed by atoms with van der Waals surface area (Å²) in [5.74, 6) is 0.237. The van der Waals surface area contributed by atoms with Crippen molar-refractivity contribution in [1.82, 2.24) is 14.3 Å². The maximum absolute atomic E-state index is 13.0. The Kier molecular flexibility index (Phi) is 7.61. The van der Waals surface area contributed by atoms with Crippen molar-refractivity contribution in [3.8, 4) is 11.3 Å². The van der Waals surface area contributed by atoms with E-state index in [1.165, 1.54) is 11.3 Å². The fourth-order valence-corrected chi connectivity index (χ4v) is 4.83. The van der Waals surface area contributed by atoms with E-state index in [4.69, 9.17) is 16.6 Å². The maximum Gasteiger partial charge on any atom is 0.222 e. The highest BCUT2D eigenvalue weighted by atomic mass is 35.5. The molecule has 4 rings (SSSR count). The second-order valence-corrected chi connectivity index (χ2v) is 9.29. The summed E-state index contributed by atoms with van der Waals surface area (Å²) in [5.41, 5.74) is 4.33. The lowest BCUT2D eigenvalue weighted by Gasteiger charge is -2.23. The first-order valence-corrected chi connectivity index (χ1v) is 12.4. The molecule has 0 spiro atoms. The Labute approximate surface area is 198 Å². The summed E-state index contributed by atoms with van der Waals surface area (Å²) >= 11 is 7.66. The number of amides is 1. The second-order valence-electron chi connectivity index (χ2n) is 8.02. The maximum atomic E-state index is 13.0. The monoisotopic (exact) mass is 465 g/mol. The lowest BCUT2D eigenvalue weighted by atomic mass is 10.1. The van der Waals surface area contributed by atoms with Gasteiger partial charge in [0, 0.05) is 53.8 Å². The molecule has 2 aromatic carbocycles. The molecule has 2 aromatic heterocycles. The Morgan fingerprint density at radius 1 is 1.09 bits per heavy atom. The highest BCUT2D eigenvalue weighted by Gasteiger charge is 2.16. The first-order valence-electron chi connectivity index (χ1n) is 11.2. The normalized spacial score (nSPS) is 11.2. The van der Waals surface area contributed by atoms with Crippen LogP contribution in [0.2, 0.25) is 5.02 Å². The largest absolute Gasteiger partial charge is 0.338 e. The van der Waals surface area contributed by atoms with Crippen molar-refractivity contribution in [1.29, 1.82) is 0 Å². The van der Waals surface area contributed by atoms with Gasteiger partial charge in [-0.2, -0.15) is 0 Å². The Balaban J connectivity index is 1.49. The molecule has 0 unspecified atom stereocenters. The van der Waals surface area contributed by atoms with Crippen LogP contribution in [0.25, 0.3) is 16.2 Å². The van der Waals surface area contributed by atoms with Crippen molar-refractivity contribution in [2.45, 2.75) is 45.6 Å². The van der Waals surface area contributed by atoms with Gasteiger partial charge in [0.15, 0.2) is 4.96 Å². The lowest BCUT2D eigenvalue weighted by molar-refractivity contribution is -0.131. The molecule has 6 heteroatoms. The van der Waals surface area contributed by atoms with Crippen molar-refractivity contribution >= 4 is 33.8 Å². The third-order valence-electron chi connectivity index (χ3n) is 5.62. The Bertz CT molecular complexity index is 1150. The van der Waals surface area contributed by atoms with Gasteiger partial charge in [-0.3, -0.25) is 9.20 Å². The Morgan fingerprint density at radius 3 is 2.62 bits per heavy atom. The Hall–Kier alpha value is -2.63. The highest BCUT2D eigenvalue weighted by Crippen LogP contribution is 2.25. The molecule has 0 aliphatic rings. The number of fused-ring (bicyclic) bond motifs is 1. The first-order chi connectivity index (χ1) is 15.6. The van der Waals surface area contributed by atoms with Crippen LogP contribution in [0.1, 0.15) is 43.9 Å². The zero-order valence-electron chi connectivity index (χ0n) is 18.3. The van der Waals surface area contributed by atoms with Gasteiger partial charge in [0.1, 0.15) is 0 Å². The summed E-state index contributed by atoms with van der Waals surface area (Å²) in [7, 11) is 0. The quantitative estimate of drug-likeness (QED) is 0.240. The SMILES string of the molecule is CCCCCC(=O)N(CCc1csc2nc(-c3ccc(Cl)cc3)cn12)Cc1ccccc1. The summed E-state index contributed by atoms with van der Waals surface area (Å²) < 4.78 is 2.15. The molecule has 0 saturated heterocycles. The minimum Gasteiger partial charge on any atom is -0.338 e. The number of carbonyl (C=O) groups excluding carboxylic acids is 1. The van der Waals surface area contributed by atoms with Gasteiger partial charge in [0.05, 0.1) is 5.69 Å². The molecule has 0 fully saturated rings. The van der Waals surface area contributed by atoms with Gasteiger partial charge in [-0.15, -0.1) is 11.3 Å². The molecule has 0 bridgehead atoms. The van der Waals surface area contributed by atoms with Gasteiger partial charge in [0.25, 0.3) is 0 Å². The van der Waals surface area contributed by atoms with E-state index in [9.17, 15) is 4.79 Å². The number of aromatic nitrogens is 2. The molecule has 0 atom stereocenters. The predicted octanol–water partition coefficient (Wildman–Crippen LogP) is 6.87. The summed E-state index contributed by atoms with van der Waals surface area (Å²) in [5, 5.41) is 2.87. The average Bonchev–Trinajstić information content (AvgIpc) is 3.39. The topological polar surface area (TPSA) is 37.6 Å². The number of hydrogen-bond acceptors (Lipinski definition) is 3.